The molecule has 17 heavy (non-hydrogen) atoms. The van der Waals surface area contributed by atoms with E-state index in [4.69, 9.17) is 15.2 Å². The average molecular weight is 243 g/mol. The molecule has 1 fully saturated rings. The first kappa shape index (κ1) is 14.9. The zero-order valence-electron chi connectivity index (χ0n) is 11.7. The monoisotopic (exact) mass is 243 g/mol. The van der Waals surface area contributed by atoms with Crippen molar-refractivity contribution in [2.75, 3.05) is 13.2 Å². The number of hydrogen-bond acceptors (Lipinski definition) is 3. The molecule has 4 atom stereocenters. The van der Waals surface area contributed by atoms with Crippen LogP contribution in [0, 0.1) is 5.92 Å². The maximum absolute atomic E-state index is 5.96. The zero-order chi connectivity index (χ0) is 12.7. The van der Waals surface area contributed by atoms with Crippen molar-refractivity contribution in [1.29, 1.82) is 0 Å². The minimum absolute atomic E-state index is 0.128. The summed E-state index contributed by atoms with van der Waals surface area (Å²) in [5.41, 5.74) is 5.91. The van der Waals surface area contributed by atoms with Gasteiger partial charge in [0, 0.05) is 19.3 Å². The minimum Gasteiger partial charge on any atom is -0.375 e. The Morgan fingerprint density at radius 3 is 2.53 bits per heavy atom. The van der Waals surface area contributed by atoms with Gasteiger partial charge in [0.15, 0.2) is 0 Å². The number of nitrogens with two attached hydrogens (primary N) is 1. The summed E-state index contributed by atoms with van der Waals surface area (Å²) < 4.78 is 11.6. The number of hydrogen-bond donors (Lipinski definition) is 1. The second kappa shape index (κ2) is 8.06. The fraction of sp³-hybridized carbons (Fsp3) is 1.00. The van der Waals surface area contributed by atoms with Gasteiger partial charge >= 0.3 is 0 Å². The third-order valence-electron chi connectivity index (χ3n) is 3.74. The van der Waals surface area contributed by atoms with Crippen LogP contribution in [0.2, 0.25) is 0 Å². The highest BCUT2D eigenvalue weighted by Gasteiger charge is 2.40. The number of unbranched alkanes of at least 4 members (excludes halogenated alkanes) is 1. The lowest BCUT2D eigenvalue weighted by Crippen LogP contribution is -2.58. The molecule has 1 saturated carbocycles. The first-order valence-corrected chi connectivity index (χ1v) is 7.21. The van der Waals surface area contributed by atoms with Crippen molar-refractivity contribution in [3.8, 4) is 0 Å². The minimum atomic E-state index is 0.128. The van der Waals surface area contributed by atoms with Gasteiger partial charge in [0.25, 0.3) is 0 Å². The third-order valence-corrected chi connectivity index (χ3v) is 3.74. The molecule has 1 rings (SSSR count). The Bertz CT molecular complexity index is 199. The second-order valence-electron chi connectivity index (χ2n) is 5.11. The van der Waals surface area contributed by atoms with Crippen LogP contribution in [0.4, 0.5) is 0 Å². The van der Waals surface area contributed by atoms with Crippen molar-refractivity contribution in [1.82, 2.24) is 0 Å². The lowest BCUT2D eigenvalue weighted by Gasteiger charge is -2.42. The van der Waals surface area contributed by atoms with E-state index >= 15 is 0 Å². The normalized spacial score (nSPS) is 30.0. The standard InChI is InChI=1S/C14H29NO2/c1-4-7-8-11(5-2)10-17-13-9-12(15)14(13)16-6-3/h11-14H,4-10,15H2,1-3H3. The van der Waals surface area contributed by atoms with Crippen LogP contribution in [0.15, 0.2) is 0 Å². The molecular weight excluding hydrogens is 214 g/mol. The summed E-state index contributed by atoms with van der Waals surface area (Å²) >= 11 is 0. The molecule has 0 aromatic heterocycles. The van der Waals surface area contributed by atoms with Crippen LogP contribution < -0.4 is 5.73 Å². The Kier molecular flexibility index (Phi) is 7.09. The van der Waals surface area contributed by atoms with Gasteiger partial charge in [-0.2, -0.15) is 0 Å². The smallest absolute Gasteiger partial charge is 0.0988 e. The molecule has 0 radical (unpaired) electrons. The van der Waals surface area contributed by atoms with Gasteiger partial charge in [0.1, 0.15) is 0 Å². The van der Waals surface area contributed by atoms with Gasteiger partial charge in [0.05, 0.1) is 12.2 Å². The highest BCUT2D eigenvalue weighted by Crippen LogP contribution is 2.27. The average Bonchev–Trinajstić information content (AvgIpc) is 2.34. The van der Waals surface area contributed by atoms with Crippen molar-refractivity contribution >= 4 is 0 Å². The van der Waals surface area contributed by atoms with E-state index in [0.29, 0.717) is 5.92 Å². The molecule has 0 amide bonds. The van der Waals surface area contributed by atoms with Crippen molar-refractivity contribution in [2.24, 2.45) is 11.7 Å². The first-order chi connectivity index (χ1) is 8.22. The molecule has 0 aromatic rings. The summed E-state index contributed by atoms with van der Waals surface area (Å²) in [6.45, 7) is 8.10. The lowest BCUT2D eigenvalue weighted by molar-refractivity contribution is -0.143. The van der Waals surface area contributed by atoms with Gasteiger partial charge in [-0.3, -0.25) is 0 Å². The topological polar surface area (TPSA) is 44.5 Å². The molecule has 4 unspecified atom stereocenters. The molecule has 1 aliphatic carbocycles. The SMILES string of the molecule is CCCCC(CC)COC1CC(N)C1OCC. The van der Waals surface area contributed by atoms with Crippen LogP contribution >= 0.6 is 0 Å². The van der Waals surface area contributed by atoms with Crippen molar-refractivity contribution in [2.45, 2.75) is 71.1 Å². The molecule has 0 heterocycles. The van der Waals surface area contributed by atoms with Crippen LogP contribution in [0.5, 0.6) is 0 Å². The van der Waals surface area contributed by atoms with Crippen molar-refractivity contribution < 1.29 is 9.47 Å². The van der Waals surface area contributed by atoms with E-state index in [1.165, 1.54) is 25.7 Å². The molecule has 0 aliphatic heterocycles. The highest BCUT2D eigenvalue weighted by molar-refractivity contribution is 4.95. The van der Waals surface area contributed by atoms with Gasteiger partial charge in [-0.25, -0.2) is 0 Å². The van der Waals surface area contributed by atoms with E-state index in [1.807, 2.05) is 6.92 Å². The van der Waals surface area contributed by atoms with Gasteiger partial charge in [-0.1, -0.05) is 33.1 Å². The highest BCUT2D eigenvalue weighted by atomic mass is 16.5. The fourth-order valence-electron chi connectivity index (χ4n) is 2.36. The quantitative estimate of drug-likeness (QED) is 0.677. The summed E-state index contributed by atoms with van der Waals surface area (Å²) in [5.74, 6) is 0.703. The Morgan fingerprint density at radius 2 is 2.00 bits per heavy atom. The molecular formula is C14H29NO2. The largest absolute Gasteiger partial charge is 0.375 e. The molecule has 0 bridgehead atoms. The molecule has 3 nitrogen and oxygen atoms in total. The van der Waals surface area contributed by atoms with E-state index in [2.05, 4.69) is 13.8 Å². The predicted molar refractivity (Wildman–Crippen MR) is 71.1 cm³/mol. The van der Waals surface area contributed by atoms with Gasteiger partial charge < -0.3 is 15.2 Å². The van der Waals surface area contributed by atoms with Gasteiger partial charge in [0.2, 0.25) is 0 Å². The molecule has 0 aromatic carbocycles. The van der Waals surface area contributed by atoms with Gasteiger partial charge in [-0.05, 0) is 25.7 Å². The van der Waals surface area contributed by atoms with E-state index in [1.54, 1.807) is 0 Å². The molecule has 0 spiro atoms. The Balaban J connectivity index is 2.20. The van der Waals surface area contributed by atoms with E-state index in [0.717, 1.165) is 19.6 Å². The van der Waals surface area contributed by atoms with Crippen LogP contribution in [0.3, 0.4) is 0 Å². The van der Waals surface area contributed by atoms with Crippen LogP contribution in [0.1, 0.15) is 52.9 Å². The summed E-state index contributed by atoms with van der Waals surface area (Å²) in [7, 11) is 0. The lowest BCUT2D eigenvalue weighted by atomic mass is 9.86. The molecule has 2 N–H and O–H groups in total. The second-order valence-corrected chi connectivity index (χ2v) is 5.11. The summed E-state index contributed by atoms with van der Waals surface area (Å²) in [4.78, 5) is 0. The van der Waals surface area contributed by atoms with Gasteiger partial charge in [-0.15, -0.1) is 0 Å². The summed E-state index contributed by atoms with van der Waals surface area (Å²) in [5, 5.41) is 0. The molecule has 0 saturated heterocycles. The summed E-state index contributed by atoms with van der Waals surface area (Å²) in [6, 6.07) is 0.177. The number of rotatable bonds is 9. The Morgan fingerprint density at radius 1 is 1.24 bits per heavy atom. The molecule has 3 heteroatoms. The Hall–Kier alpha value is -0.120. The molecule has 102 valence electrons. The Labute approximate surface area is 106 Å². The summed E-state index contributed by atoms with van der Waals surface area (Å²) in [6.07, 6.45) is 6.38. The predicted octanol–water partition coefficient (Wildman–Crippen LogP) is 2.72. The van der Waals surface area contributed by atoms with Crippen LogP contribution in [0.25, 0.3) is 0 Å². The van der Waals surface area contributed by atoms with E-state index < -0.39 is 0 Å². The zero-order valence-corrected chi connectivity index (χ0v) is 11.7. The molecule has 1 aliphatic rings. The van der Waals surface area contributed by atoms with Crippen LogP contribution in [-0.2, 0) is 9.47 Å². The maximum Gasteiger partial charge on any atom is 0.0988 e. The van der Waals surface area contributed by atoms with Crippen molar-refractivity contribution in [3.63, 3.8) is 0 Å². The number of ether oxygens (including phenoxy) is 2. The van der Waals surface area contributed by atoms with Crippen molar-refractivity contribution in [3.05, 3.63) is 0 Å². The maximum atomic E-state index is 5.96. The van der Waals surface area contributed by atoms with Crippen LogP contribution in [-0.4, -0.2) is 31.5 Å². The van der Waals surface area contributed by atoms with E-state index in [9.17, 15) is 0 Å². The van der Waals surface area contributed by atoms with E-state index in [-0.39, 0.29) is 18.2 Å². The third kappa shape index (κ3) is 4.57. The fourth-order valence-corrected chi connectivity index (χ4v) is 2.36. The first-order valence-electron chi connectivity index (χ1n) is 7.21.